The number of carbonyl (C=O) groups is 1. The van der Waals surface area contributed by atoms with Gasteiger partial charge >= 0.3 is 0 Å². The maximum Gasteiger partial charge on any atom is 0.255 e. The van der Waals surface area contributed by atoms with Gasteiger partial charge in [0.05, 0.1) is 24.1 Å². The van der Waals surface area contributed by atoms with E-state index >= 15 is 0 Å². The smallest absolute Gasteiger partial charge is 0.255 e. The van der Waals surface area contributed by atoms with Gasteiger partial charge in [0.15, 0.2) is 0 Å². The van der Waals surface area contributed by atoms with Gasteiger partial charge in [-0.2, -0.15) is 5.10 Å². The van der Waals surface area contributed by atoms with Crippen LogP contribution in [0.15, 0.2) is 60.7 Å². The van der Waals surface area contributed by atoms with Crippen LogP contribution in [0.1, 0.15) is 21.5 Å². The number of fused-ring (bicyclic) bond motifs is 3. The fourth-order valence-corrected chi connectivity index (χ4v) is 5.51. The minimum Gasteiger partial charge on any atom is -0.508 e. The zero-order chi connectivity index (χ0) is 26.9. The summed E-state index contributed by atoms with van der Waals surface area (Å²) in [5.74, 6) is 0.718. The number of H-pyrrole nitrogens is 1. The maximum absolute atomic E-state index is 13.2. The predicted molar refractivity (Wildman–Crippen MR) is 152 cm³/mol. The van der Waals surface area contributed by atoms with Crippen LogP contribution < -0.4 is 10.1 Å². The molecule has 0 atom stereocenters. The lowest BCUT2D eigenvalue weighted by Crippen LogP contribution is -2.46. The monoisotopic (exact) mass is 523 g/mol. The summed E-state index contributed by atoms with van der Waals surface area (Å²) >= 11 is 0. The second-order valence-corrected chi connectivity index (χ2v) is 10.3. The number of piperazine rings is 1. The molecule has 1 aromatic heterocycles. The molecule has 0 saturated carbocycles. The summed E-state index contributed by atoms with van der Waals surface area (Å²) in [4.78, 5) is 17.9. The maximum atomic E-state index is 13.2. The lowest BCUT2D eigenvalue weighted by molar-refractivity contribution is 0.0938. The van der Waals surface area contributed by atoms with E-state index in [1.807, 2.05) is 24.3 Å². The first-order chi connectivity index (χ1) is 19.0. The van der Waals surface area contributed by atoms with Crippen molar-refractivity contribution in [2.24, 2.45) is 0 Å². The van der Waals surface area contributed by atoms with E-state index in [4.69, 9.17) is 4.74 Å². The summed E-state index contributed by atoms with van der Waals surface area (Å²) in [6, 6.07) is 19.4. The third-order valence-corrected chi connectivity index (χ3v) is 7.84. The van der Waals surface area contributed by atoms with Crippen molar-refractivity contribution in [2.75, 3.05) is 53.4 Å². The van der Waals surface area contributed by atoms with Crippen molar-refractivity contribution in [3.8, 4) is 45.1 Å². The van der Waals surface area contributed by atoms with Gasteiger partial charge in [0.2, 0.25) is 0 Å². The Labute approximate surface area is 228 Å². The van der Waals surface area contributed by atoms with Crippen LogP contribution in [0.3, 0.4) is 0 Å². The van der Waals surface area contributed by atoms with Crippen LogP contribution in [0.5, 0.6) is 11.5 Å². The van der Waals surface area contributed by atoms with Crippen molar-refractivity contribution in [2.45, 2.75) is 6.42 Å². The SMILES string of the molecule is COc1cc2c(cc1C(=O)NCCN1CCN(C)CC1)-c1[nH]nc(-c3ccc(-c4ccc(O)cc4)cc3)c1C2. The Kier molecular flexibility index (Phi) is 6.81. The number of aromatic amines is 1. The Bertz CT molecular complexity index is 1490. The fourth-order valence-electron chi connectivity index (χ4n) is 5.51. The number of rotatable bonds is 7. The molecule has 2 aliphatic rings. The number of carbonyl (C=O) groups excluding carboxylic acids is 1. The second kappa shape index (κ2) is 10.6. The topological polar surface area (TPSA) is 93.7 Å². The number of hydrogen-bond acceptors (Lipinski definition) is 6. The first kappa shape index (κ1) is 25.2. The minimum atomic E-state index is -0.123. The first-order valence-corrected chi connectivity index (χ1v) is 13.4. The zero-order valence-corrected chi connectivity index (χ0v) is 22.3. The van der Waals surface area contributed by atoms with E-state index in [1.54, 1.807) is 19.2 Å². The van der Waals surface area contributed by atoms with Crippen molar-refractivity contribution in [3.05, 3.63) is 77.4 Å². The lowest BCUT2D eigenvalue weighted by atomic mass is 10.0. The second-order valence-electron chi connectivity index (χ2n) is 10.3. The van der Waals surface area contributed by atoms with Gasteiger partial charge in [0, 0.05) is 62.4 Å². The molecule has 3 aromatic carbocycles. The average Bonchev–Trinajstić information content (AvgIpc) is 3.53. The van der Waals surface area contributed by atoms with Crippen LogP contribution >= 0.6 is 0 Å². The first-order valence-electron chi connectivity index (χ1n) is 13.4. The number of aromatic nitrogens is 2. The van der Waals surface area contributed by atoms with Crippen LogP contribution in [-0.2, 0) is 6.42 Å². The fraction of sp³-hybridized carbons (Fsp3) is 0.290. The molecule has 4 aromatic rings. The Morgan fingerprint density at radius 2 is 1.67 bits per heavy atom. The number of methoxy groups -OCH3 is 1. The molecule has 0 radical (unpaired) electrons. The van der Waals surface area contributed by atoms with Crippen molar-refractivity contribution in [1.29, 1.82) is 0 Å². The summed E-state index contributed by atoms with van der Waals surface area (Å²) in [6.07, 6.45) is 0.720. The molecule has 200 valence electrons. The molecule has 0 bridgehead atoms. The molecule has 1 aliphatic carbocycles. The molecule has 0 spiro atoms. The molecule has 2 heterocycles. The standard InChI is InChI=1S/C31H33N5O3/c1-35-13-15-36(16-14-35)12-11-32-31(38)26-19-25-23(18-28(26)39-2)17-27-29(33-34-30(25)27)22-5-3-20(4-6-22)21-7-9-24(37)10-8-21/h3-10,18-19,37H,11-17H2,1-2H3,(H,32,38)(H,33,34). The molecule has 1 amide bonds. The van der Waals surface area contributed by atoms with Gasteiger partial charge in [0.1, 0.15) is 11.5 Å². The van der Waals surface area contributed by atoms with E-state index in [9.17, 15) is 9.90 Å². The number of hydrogen-bond donors (Lipinski definition) is 3. The third kappa shape index (κ3) is 5.01. The van der Waals surface area contributed by atoms with Crippen LogP contribution in [0.25, 0.3) is 33.6 Å². The van der Waals surface area contributed by atoms with E-state index in [0.717, 1.165) is 83.9 Å². The third-order valence-electron chi connectivity index (χ3n) is 7.84. The number of nitrogens with zero attached hydrogens (tertiary/aromatic N) is 3. The Morgan fingerprint density at radius 1 is 1.00 bits per heavy atom. The van der Waals surface area contributed by atoms with Gasteiger partial charge in [-0.1, -0.05) is 36.4 Å². The highest BCUT2D eigenvalue weighted by Crippen LogP contribution is 2.42. The number of aromatic hydroxyl groups is 1. The quantitative estimate of drug-likeness (QED) is 0.299. The van der Waals surface area contributed by atoms with E-state index < -0.39 is 0 Å². The zero-order valence-electron chi connectivity index (χ0n) is 22.3. The van der Waals surface area contributed by atoms with Gasteiger partial charge in [-0.25, -0.2) is 0 Å². The van der Waals surface area contributed by atoms with Crippen LogP contribution in [0, 0.1) is 0 Å². The molecular formula is C31H33N5O3. The Morgan fingerprint density at radius 3 is 2.36 bits per heavy atom. The highest BCUT2D eigenvalue weighted by atomic mass is 16.5. The summed E-state index contributed by atoms with van der Waals surface area (Å²) in [6.45, 7) is 5.61. The largest absolute Gasteiger partial charge is 0.508 e. The summed E-state index contributed by atoms with van der Waals surface area (Å²) in [5.41, 5.74) is 8.78. The van der Waals surface area contributed by atoms with E-state index in [1.165, 1.54) is 0 Å². The minimum absolute atomic E-state index is 0.123. The lowest BCUT2D eigenvalue weighted by Gasteiger charge is -2.32. The molecule has 39 heavy (non-hydrogen) atoms. The van der Waals surface area contributed by atoms with Crippen molar-refractivity contribution < 1.29 is 14.6 Å². The summed E-state index contributed by atoms with van der Waals surface area (Å²) in [7, 11) is 3.75. The van der Waals surface area contributed by atoms with Crippen LogP contribution in [-0.4, -0.2) is 84.4 Å². The van der Waals surface area contributed by atoms with Crippen LogP contribution in [0.2, 0.25) is 0 Å². The number of amides is 1. The molecule has 8 nitrogen and oxygen atoms in total. The number of benzene rings is 3. The number of ether oxygens (including phenoxy) is 1. The van der Waals surface area contributed by atoms with Gasteiger partial charge in [0.25, 0.3) is 5.91 Å². The molecule has 8 heteroatoms. The molecule has 1 saturated heterocycles. The molecular weight excluding hydrogens is 490 g/mol. The molecule has 3 N–H and O–H groups in total. The van der Waals surface area contributed by atoms with E-state index in [-0.39, 0.29) is 11.7 Å². The van der Waals surface area contributed by atoms with Gasteiger partial charge in [-0.3, -0.25) is 14.8 Å². The summed E-state index contributed by atoms with van der Waals surface area (Å²) < 4.78 is 5.63. The van der Waals surface area contributed by atoms with Crippen molar-refractivity contribution in [1.82, 2.24) is 25.3 Å². The number of phenols is 1. The van der Waals surface area contributed by atoms with Gasteiger partial charge in [-0.15, -0.1) is 0 Å². The number of likely N-dealkylation sites (N-methyl/N-ethyl adjacent to an activating group) is 1. The van der Waals surface area contributed by atoms with E-state index in [2.05, 4.69) is 56.6 Å². The van der Waals surface area contributed by atoms with Gasteiger partial charge in [-0.05, 0) is 48.0 Å². The summed E-state index contributed by atoms with van der Waals surface area (Å²) in [5, 5.41) is 20.5. The van der Waals surface area contributed by atoms with Gasteiger partial charge < -0.3 is 20.1 Å². The van der Waals surface area contributed by atoms with Crippen molar-refractivity contribution >= 4 is 5.91 Å². The highest BCUT2D eigenvalue weighted by Gasteiger charge is 2.28. The average molecular weight is 524 g/mol. The number of nitrogens with one attached hydrogen (secondary N) is 2. The predicted octanol–water partition coefficient (Wildman–Crippen LogP) is 4.01. The van der Waals surface area contributed by atoms with Crippen molar-refractivity contribution in [3.63, 3.8) is 0 Å². The van der Waals surface area contributed by atoms with Crippen LogP contribution in [0.4, 0.5) is 0 Å². The number of phenolic OH excluding ortho intramolecular Hbond substituents is 1. The molecule has 0 unspecified atom stereocenters. The molecule has 1 fully saturated rings. The Balaban J connectivity index is 1.19. The normalized spacial score (nSPS) is 15.1. The highest BCUT2D eigenvalue weighted by molar-refractivity contribution is 5.99. The Hall–Kier alpha value is -4.14. The molecule has 6 rings (SSSR count). The molecule has 1 aliphatic heterocycles. The van der Waals surface area contributed by atoms with E-state index in [0.29, 0.717) is 17.9 Å².